The third kappa shape index (κ3) is 2.31. The van der Waals surface area contributed by atoms with E-state index >= 15 is 0 Å². The number of halogens is 1. The summed E-state index contributed by atoms with van der Waals surface area (Å²) < 4.78 is 11.7. The van der Waals surface area contributed by atoms with Crippen LogP contribution in [0.1, 0.15) is 0 Å². The second-order valence-electron chi connectivity index (χ2n) is 4.63. The lowest BCUT2D eigenvalue weighted by Gasteiger charge is -2.10. The molecule has 0 fully saturated rings. The second kappa shape index (κ2) is 5.38. The molecule has 0 aliphatic carbocycles. The molecule has 0 amide bonds. The van der Waals surface area contributed by atoms with E-state index < -0.39 is 5.43 Å². The van der Waals surface area contributed by atoms with E-state index in [-0.39, 0.29) is 28.2 Å². The maximum atomic E-state index is 12.3. The third-order valence-electron chi connectivity index (χ3n) is 3.25. The normalized spacial score (nSPS) is 10.8. The molecule has 0 saturated carbocycles. The van der Waals surface area contributed by atoms with Crippen molar-refractivity contribution in [2.45, 2.75) is 0 Å². The van der Waals surface area contributed by atoms with Crippen molar-refractivity contribution in [3.8, 4) is 28.6 Å². The number of fused-ring (bicyclic) bond motifs is 1. The standard InChI is InChI=1S/C16H11BrO5/c1-21-15-12(20)6-10(18)14-11(19)7-13(22-16(14)15)8-2-4-9(17)5-3-8/h2-7,18,20H,1H3. The lowest BCUT2D eigenvalue weighted by molar-refractivity contribution is 0.367. The molecule has 1 aromatic heterocycles. The maximum Gasteiger partial charge on any atom is 0.204 e. The predicted octanol–water partition coefficient (Wildman–Crippen LogP) is 3.64. The van der Waals surface area contributed by atoms with Crippen LogP contribution in [0.2, 0.25) is 0 Å². The van der Waals surface area contributed by atoms with Gasteiger partial charge in [0.1, 0.15) is 16.9 Å². The Morgan fingerprint density at radius 1 is 1.09 bits per heavy atom. The molecule has 2 N–H and O–H groups in total. The summed E-state index contributed by atoms with van der Waals surface area (Å²) in [6.45, 7) is 0. The van der Waals surface area contributed by atoms with Crippen molar-refractivity contribution in [2.24, 2.45) is 0 Å². The van der Waals surface area contributed by atoms with Gasteiger partial charge >= 0.3 is 0 Å². The summed E-state index contributed by atoms with van der Waals surface area (Å²) >= 11 is 3.34. The first-order valence-electron chi connectivity index (χ1n) is 6.34. The predicted molar refractivity (Wildman–Crippen MR) is 85.5 cm³/mol. The molecule has 0 aliphatic rings. The summed E-state index contributed by atoms with van der Waals surface area (Å²) in [7, 11) is 1.35. The van der Waals surface area contributed by atoms with E-state index in [9.17, 15) is 15.0 Å². The van der Waals surface area contributed by atoms with Gasteiger partial charge in [0.25, 0.3) is 0 Å². The lowest BCUT2D eigenvalue weighted by Crippen LogP contribution is -2.02. The van der Waals surface area contributed by atoms with Crippen molar-refractivity contribution in [1.82, 2.24) is 0 Å². The van der Waals surface area contributed by atoms with E-state index in [4.69, 9.17) is 9.15 Å². The van der Waals surface area contributed by atoms with Crippen LogP contribution in [0.4, 0.5) is 0 Å². The number of aromatic hydroxyl groups is 2. The Morgan fingerprint density at radius 3 is 2.41 bits per heavy atom. The van der Waals surface area contributed by atoms with Crippen molar-refractivity contribution in [2.75, 3.05) is 7.11 Å². The largest absolute Gasteiger partial charge is 0.507 e. The van der Waals surface area contributed by atoms with Crippen LogP contribution in [-0.2, 0) is 0 Å². The van der Waals surface area contributed by atoms with Gasteiger partial charge < -0.3 is 19.4 Å². The minimum Gasteiger partial charge on any atom is -0.507 e. The minimum absolute atomic E-state index is 0.00358. The van der Waals surface area contributed by atoms with Crippen LogP contribution < -0.4 is 10.2 Å². The summed E-state index contributed by atoms with van der Waals surface area (Å²) in [4.78, 5) is 12.3. The van der Waals surface area contributed by atoms with Crippen molar-refractivity contribution >= 4 is 26.9 Å². The monoisotopic (exact) mass is 362 g/mol. The highest BCUT2D eigenvalue weighted by molar-refractivity contribution is 9.10. The van der Waals surface area contributed by atoms with Crippen LogP contribution in [0.5, 0.6) is 17.2 Å². The number of methoxy groups -OCH3 is 1. The van der Waals surface area contributed by atoms with Crippen molar-refractivity contribution in [3.63, 3.8) is 0 Å². The van der Waals surface area contributed by atoms with Gasteiger partial charge in [-0.05, 0) is 12.1 Å². The molecule has 0 unspecified atom stereocenters. The quantitative estimate of drug-likeness (QED) is 0.727. The Hall–Kier alpha value is -2.47. The van der Waals surface area contributed by atoms with Crippen LogP contribution in [-0.4, -0.2) is 17.3 Å². The third-order valence-corrected chi connectivity index (χ3v) is 3.78. The average molecular weight is 363 g/mol. The molecule has 2 aromatic carbocycles. The Kier molecular flexibility index (Phi) is 3.54. The first kappa shape index (κ1) is 14.5. The summed E-state index contributed by atoms with van der Waals surface area (Å²) in [5.41, 5.74) is 0.271. The fourth-order valence-corrected chi connectivity index (χ4v) is 2.50. The number of phenols is 2. The minimum atomic E-state index is -0.421. The molecule has 3 aromatic rings. The first-order chi connectivity index (χ1) is 10.5. The Morgan fingerprint density at radius 2 is 1.77 bits per heavy atom. The fourth-order valence-electron chi connectivity index (χ4n) is 2.23. The van der Waals surface area contributed by atoms with Crippen LogP contribution in [0, 0.1) is 0 Å². The maximum absolute atomic E-state index is 12.3. The number of hydrogen-bond donors (Lipinski definition) is 2. The molecule has 0 atom stereocenters. The Labute approximate surface area is 133 Å². The molecule has 1 heterocycles. The smallest absolute Gasteiger partial charge is 0.204 e. The van der Waals surface area contributed by atoms with Gasteiger partial charge in [0.2, 0.25) is 5.75 Å². The van der Waals surface area contributed by atoms with Gasteiger partial charge in [-0.3, -0.25) is 4.79 Å². The molecule has 0 saturated heterocycles. The molecule has 3 rings (SSSR count). The first-order valence-corrected chi connectivity index (χ1v) is 7.13. The highest BCUT2D eigenvalue weighted by Gasteiger charge is 2.18. The van der Waals surface area contributed by atoms with E-state index in [2.05, 4.69) is 15.9 Å². The number of rotatable bonds is 2. The molecule has 112 valence electrons. The Balaban J connectivity index is 2.36. The molecular formula is C16H11BrO5. The van der Waals surface area contributed by atoms with Crippen molar-refractivity contribution in [3.05, 3.63) is 51.1 Å². The van der Waals surface area contributed by atoms with Gasteiger partial charge in [-0.1, -0.05) is 28.1 Å². The number of benzene rings is 2. The highest BCUT2D eigenvalue weighted by atomic mass is 79.9. The zero-order valence-electron chi connectivity index (χ0n) is 11.5. The molecule has 5 nitrogen and oxygen atoms in total. The molecule has 0 spiro atoms. The molecule has 0 aliphatic heterocycles. The van der Waals surface area contributed by atoms with Gasteiger partial charge in [-0.15, -0.1) is 0 Å². The lowest BCUT2D eigenvalue weighted by atomic mass is 10.1. The molecule has 0 radical (unpaired) electrons. The van der Waals surface area contributed by atoms with Gasteiger partial charge in [0.05, 0.1) is 7.11 Å². The van der Waals surface area contributed by atoms with E-state index in [1.54, 1.807) is 12.1 Å². The molecule has 6 heteroatoms. The van der Waals surface area contributed by atoms with E-state index in [1.807, 2.05) is 12.1 Å². The van der Waals surface area contributed by atoms with Crippen LogP contribution in [0.15, 0.2) is 50.1 Å². The van der Waals surface area contributed by atoms with E-state index in [0.29, 0.717) is 11.3 Å². The topological polar surface area (TPSA) is 79.9 Å². The summed E-state index contributed by atoms with van der Waals surface area (Å²) in [6.07, 6.45) is 0. The highest BCUT2D eigenvalue weighted by Crippen LogP contribution is 2.40. The SMILES string of the molecule is COc1c(O)cc(O)c2c(=O)cc(-c3ccc(Br)cc3)oc12. The van der Waals surface area contributed by atoms with E-state index in [0.717, 1.165) is 10.5 Å². The van der Waals surface area contributed by atoms with Crippen LogP contribution in [0.25, 0.3) is 22.3 Å². The van der Waals surface area contributed by atoms with E-state index in [1.165, 1.54) is 13.2 Å². The number of ether oxygens (including phenoxy) is 1. The fraction of sp³-hybridized carbons (Fsp3) is 0.0625. The molecular weight excluding hydrogens is 352 g/mol. The second-order valence-corrected chi connectivity index (χ2v) is 5.55. The zero-order valence-corrected chi connectivity index (χ0v) is 13.0. The van der Waals surface area contributed by atoms with Gasteiger partial charge in [0.15, 0.2) is 16.8 Å². The summed E-state index contributed by atoms with van der Waals surface area (Å²) in [5.74, 6) is -0.342. The van der Waals surface area contributed by atoms with Gasteiger partial charge in [0, 0.05) is 22.2 Å². The van der Waals surface area contributed by atoms with Crippen LogP contribution in [0.3, 0.4) is 0 Å². The zero-order chi connectivity index (χ0) is 15.9. The van der Waals surface area contributed by atoms with Gasteiger partial charge in [-0.2, -0.15) is 0 Å². The average Bonchev–Trinajstić information content (AvgIpc) is 2.47. The number of phenolic OH excluding ortho intramolecular Hbond substituents is 2. The van der Waals surface area contributed by atoms with Crippen molar-refractivity contribution < 1.29 is 19.4 Å². The van der Waals surface area contributed by atoms with Crippen molar-refractivity contribution in [1.29, 1.82) is 0 Å². The molecule has 0 bridgehead atoms. The Bertz CT molecular complexity index is 912. The summed E-state index contributed by atoms with van der Waals surface area (Å²) in [5, 5.41) is 19.7. The van der Waals surface area contributed by atoms with Crippen LogP contribution >= 0.6 is 15.9 Å². The molecule has 22 heavy (non-hydrogen) atoms. The number of hydrogen-bond acceptors (Lipinski definition) is 5. The summed E-state index contributed by atoms with van der Waals surface area (Å²) in [6, 6.07) is 9.54. The van der Waals surface area contributed by atoms with Gasteiger partial charge in [-0.25, -0.2) is 0 Å².